The largest absolute Gasteiger partial charge is 0.493 e. The Balaban J connectivity index is 2.57. The summed E-state index contributed by atoms with van der Waals surface area (Å²) in [7, 11) is 0. The topological polar surface area (TPSA) is 9.23 Å². The molecule has 0 saturated carbocycles. The highest BCUT2D eigenvalue weighted by Gasteiger charge is 2.06. The highest BCUT2D eigenvalue weighted by molar-refractivity contribution is 9.10. The molecule has 0 aliphatic rings. The van der Waals surface area contributed by atoms with Gasteiger partial charge in [0.1, 0.15) is 11.6 Å². The van der Waals surface area contributed by atoms with Crippen LogP contribution in [-0.2, 0) is 0 Å². The van der Waals surface area contributed by atoms with Gasteiger partial charge in [0.25, 0.3) is 0 Å². The third kappa shape index (κ3) is 4.43. The maximum Gasteiger partial charge on any atom is 0.128 e. The molecule has 0 aromatic heterocycles. The van der Waals surface area contributed by atoms with E-state index < -0.39 is 0 Å². The Labute approximate surface area is 104 Å². The van der Waals surface area contributed by atoms with Crippen LogP contribution in [0.4, 0.5) is 4.39 Å². The molecule has 1 atom stereocenters. The molecule has 0 fully saturated rings. The molecular formula is C11H14BrFOS. The molecule has 4 heteroatoms. The van der Waals surface area contributed by atoms with Gasteiger partial charge in [-0.3, -0.25) is 0 Å². The van der Waals surface area contributed by atoms with Crippen LogP contribution in [0.1, 0.15) is 13.3 Å². The maximum absolute atomic E-state index is 13.0. The van der Waals surface area contributed by atoms with Gasteiger partial charge in [0, 0.05) is 16.5 Å². The lowest BCUT2D eigenvalue weighted by Crippen LogP contribution is -2.12. The van der Waals surface area contributed by atoms with E-state index in [1.54, 1.807) is 6.07 Å². The summed E-state index contributed by atoms with van der Waals surface area (Å²) in [5.74, 6) is 1.46. The van der Waals surface area contributed by atoms with Crippen LogP contribution < -0.4 is 4.74 Å². The molecule has 15 heavy (non-hydrogen) atoms. The molecule has 0 heterocycles. The normalized spacial score (nSPS) is 12.5. The number of hydrogen-bond acceptors (Lipinski definition) is 2. The lowest BCUT2D eigenvalue weighted by molar-refractivity contribution is 0.258. The van der Waals surface area contributed by atoms with E-state index in [0.29, 0.717) is 22.7 Å². The van der Waals surface area contributed by atoms with Gasteiger partial charge in [-0.05, 0) is 24.3 Å². The number of hydrogen-bond donors (Lipinski definition) is 1. The Bertz CT molecular complexity index is 295. The molecule has 1 aromatic carbocycles. The van der Waals surface area contributed by atoms with Gasteiger partial charge in [0.15, 0.2) is 0 Å². The lowest BCUT2D eigenvalue weighted by atomic mass is 10.1. The summed E-state index contributed by atoms with van der Waals surface area (Å²) in [6, 6.07) is 4.55. The zero-order valence-electron chi connectivity index (χ0n) is 8.54. The SMILES string of the molecule is CCC(CS)COc1cc(F)cc(Br)c1. The standard InChI is InChI=1S/C11H14BrFOS/c1-2-8(7-15)6-14-11-4-9(12)3-10(13)5-11/h3-5,8,15H,2,6-7H2,1H3. The van der Waals surface area contributed by atoms with Crippen LogP contribution in [0.15, 0.2) is 22.7 Å². The van der Waals surface area contributed by atoms with Crippen molar-refractivity contribution >= 4 is 28.6 Å². The summed E-state index contributed by atoms with van der Waals surface area (Å²) in [5, 5.41) is 0. The predicted molar refractivity (Wildman–Crippen MR) is 67.2 cm³/mol. The first-order valence-corrected chi connectivity index (χ1v) is 6.28. The molecule has 1 unspecified atom stereocenters. The number of benzene rings is 1. The van der Waals surface area contributed by atoms with Crippen LogP contribution in [0.25, 0.3) is 0 Å². The number of ether oxygens (including phenoxy) is 1. The zero-order chi connectivity index (χ0) is 11.3. The second kappa shape index (κ2) is 6.38. The highest BCUT2D eigenvalue weighted by Crippen LogP contribution is 2.21. The van der Waals surface area contributed by atoms with Crippen molar-refractivity contribution in [1.29, 1.82) is 0 Å². The smallest absolute Gasteiger partial charge is 0.128 e. The number of thiol groups is 1. The molecule has 0 aliphatic heterocycles. The molecule has 0 bridgehead atoms. The molecule has 0 N–H and O–H groups in total. The molecule has 1 nitrogen and oxygen atoms in total. The summed E-state index contributed by atoms with van der Waals surface area (Å²) in [5.41, 5.74) is 0. The van der Waals surface area contributed by atoms with E-state index in [9.17, 15) is 4.39 Å². The Kier molecular flexibility index (Phi) is 5.47. The summed E-state index contributed by atoms with van der Waals surface area (Å²) in [6.07, 6.45) is 1.01. The summed E-state index contributed by atoms with van der Waals surface area (Å²) < 4.78 is 19.2. The van der Waals surface area contributed by atoms with Crippen molar-refractivity contribution in [2.24, 2.45) is 5.92 Å². The van der Waals surface area contributed by atoms with Crippen LogP contribution in [0, 0.1) is 11.7 Å². The minimum Gasteiger partial charge on any atom is -0.493 e. The van der Waals surface area contributed by atoms with Gasteiger partial charge in [0.2, 0.25) is 0 Å². The van der Waals surface area contributed by atoms with Crippen molar-refractivity contribution in [1.82, 2.24) is 0 Å². The van der Waals surface area contributed by atoms with Crippen LogP contribution in [0.3, 0.4) is 0 Å². The van der Waals surface area contributed by atoms with Crippen LogP contribution in [0.2, 0.25) is 0 Å². The van der Waals surface area contributed by atoms with Crippen molar-refractivity contribution in [3.05, 3.63) is 28.5 Å². The molecule has 0 aliphatic carbocycles. The first-order chi connectivity index (χ1) is 7.15. The van der Waals surface area contributed by atoms with Crippen LogP contribution in [-0.4, -0.2) is 12.4 Å². The molecule has 0 amide bonds. The molecular weight excluding hydrogens is 279 g/mol. The van der Waals surface area contributed by atoms with E-state index >= 15 is 0 Å². The molecule has 1 aromatic rings. The van der Waals surface area contributed by atoms with E-state index in [1.165, 1.54) is 12.1 Å². The maximum atomic E-state index is 13.0. The van der Waals surface area contributed by atoms with Gasteiger partial charge in [0.05, 0.1) is 6.61 Å². The van der Waals surface area contributed by atoms with Crippen LogP contribution >= 0.6 is 28.6 Å². The summed E-state index contributed by atoms with van der Waals surface area (Å²) >= 11 is 7.44. The lowest BCUT2D eigenvalue weighted by Gasteiger charge is -2.13. The average molecular weight is 293 g/mol. The van der Waals surface area contributed by atoms with E-state index in [-0.39, 0.29) is 5.82 Å². The fraction of sp³-hybridized carbons (Fsp3) is 0.455. The van der Waals surface area contributed by atoms with Gasteiger partial charge < -0.3 is 4.74 Å². The monoisotopic (exact) mass is 292 g/mol. The van der Waals surface area contributed by atoms with Crippen LogP contribution in [0.5, 0.6) is 5.75 Å². The van der Waals surface area contributed by atoms with Crippen molar-refractivity contribution in [3.63, 3.8) is 0 Å². The fourth-order valence-corrected chi connectivity index (χ4v) is 1.93. The van der Waals surface area contributed by atoms with Gasteiger partial charge in [-0.1, -0.05) is 22.9 Å². The Morgan fingerprint density at radius 1 is 1.47 bits per heavy atom. The van der Waals surface area contributed by atoms with Gasteiger partial charge in [-0.2, -0.15) is 12.6 Å². The first-order valence-electron chi connectivity index (χ1n) is 4.85. The minimum absolute atomic E-state index is 0.293. The van der Waals surface area contributed by atoms with Crippen molar-refractivity contribution in [3.8, 4) is 5.75 Å². The molecule has 0 radical (unpaired) electrons. The van der Waals surface area contributed by atoms with Gasteiger partial charge in [-0.15, -0.1) is 0 Å². The van der Waals surface area contributed by atoms with Crippen molar-refractivity contribution in [2.75, 3.05) is 12.4 Å². The zero-order valence-corrected chi connectivity index (χ0v) is 11.0. The molecule has 1 rings (SSSR count). The molecule has 0 spiro atoms. The highest BCUT2D eigenvalue weighted by atomic mass is 79.9. The van der Waals surface area contributed by atoms with Gasteiger partial charge in [-0.25, -0.2) is 4.39 Å². The summed E-state index contributed by atoms with van der Waals surface area (Å²) in [4.78, 5) is 0. The summed E-state index contributed by atoms with van der Waals surface area (Å²) in [6.45, 7) is 2.67. The van der Waals surface area contributed by atoms with E-state index in [1.807, 2.05) is 0 Å². The third-order valence-corrected chi connectivity index (χ3v) is 3.13. The minimum atomic E-state index is -0.293. The number of halogens is 2. The second-order valence-corrected chi connectivity index (χ2v) is 4.65. The second-order valence-electron chi connectivity index (χ2n) is 3.37. The Hall–Kier alpha value is -0.220. The van der Waals surface area contributed by atoms with E-state index in [4.69, 9.17) is 4.74 Å². The quantitative estimate of drug-likeness (QED) is 0.809. The average Bonchev–Trinajstić information content (AvgIpc) is 2.18. The first kappa shape index (κ1) is 12.8. The molecule has 84 valence electrons. The van der Waals surface area contributed by atoms with E-state index in [2.05, 4.69) is 35.5 Å². The fourth-order valence-electron chi connectivity index (χ4n) is 1.13. The predicted octanol–water partition coefficient (Wildman–Crippen LogP) is 3.92. The number of rotatable bonds is 5. The third-order valence-electron chi connectivity index (χ3n) is 2.16. The Morgan fingerprint density at radius 2 is 2.20 bits per heavy atom. The van der Waals surface area contributed by atoms with Gasteiger partial charge >= 0.3 is 0 Å². The molecule has 0 saturated heterocycles. The van der Waals surface area contributed by atoms with Crippen molar-refractivity contribution in [2.45, 2.75) is 13.3 Å². The van der Waals surface area contributed by atoms with Crippen molar-refractivity contribution < 1.29 is 9.13 Å². The Morgan fingerprint density at radius 3 is 2.73 bits per heavy atom. The van der Waals surface area contributed by atoms with E-state index in [0.717, 1.165) is 12.2 Å².